The van der Waals surface area contributed by atoms with Crippen molar-refractivity contribution >= 4 is 5.91 Å². The third-order valence-corrected chi connectivity index (χ3v) is 7.68. The van der Waals surface area contributed by atoms with E-state index in [-0.39, 0.29) is 29.8 Å². The summed E-state index contributed by atoms with van der Waals surface area (Å²) < 4.78 is 59.8. The van der Waals surface area contributed by atoms with Gasteiger partial charge < -0.3 is 34.8 Å². The number of halogens is 3. The highest BCUT2D eigenvalue weighted by Crippen LogP contribution is 2.43. The van der Waals surface area contributed by atoms with Crippen LogP contribution in [-0.4, -0.2) is 79.6 Å². The van der Waals surface area contributed by atoms with Gasteiger partial charge in [-0.2, -0.15) is 0 Å². The van der Waals surface area contributed by atoms with Crippen LogP contribution in [0.5, 0.6) is 11.5 Å². The van der Waals surface area contributed by atoms with E-state index in [4.69, 9.17) is 14.2 Å². The first-order valence-corrected chi connectivity index (χ1v) is 13.7. The molecule has 1 aromatic heterocycles. The Morgan fingerprint density at radius 3 is 2.50 bits per heavy atom. The number of carbonyl (C=O) groups is 1. The Hall–Kier alpha value is -4.34. The van der Waals surface area contributed by atoms with E-state index < -0.39 is 66.1 Å². The van der Waals surface area contributed by atoms with E-state index in [0.29, 0.717) is 11.5 Å². The summed E-state index contributed by atoms with van der Waals surface area (Å²) in [5, 5.41) is 43.3. The van der Waals surface area contributed by atoms with Crippen molar-refractivity contribution in [3.05, 3.63) is 95.9 Å². The molecular formula is C30H27F3N4O7. The first-order chi connectivity index (χ1) is 21.2. The fourth-order valence-electron chi connectivity index (χ4n) is 5.51. The van der Waals surface area contributed by atoms with Gasteiger partial charge >= 0.3 is 0 Å². The van der Waals surface area contributed by atoms with Crippen LogP contribution >= 0.6 is 0 Å². The van der Waals surface area contributed by atoms with E-state index in [0.717, 1.165) is 16.8 Å². The molecule has 6 atom stereocenters. The van der Waals surface area contributed by atoms with E-state index in [1.54, 1.807) is 36.4 Å². The Morgan fingerprint density at radius 2 is 1.77 bits per heavy atom. The molecule has 1 spiro atoms. The predicted octanol–water partition coefficient (Wildman–Crippen LogP) is 2.72. The Kier molecular flexibility index (Phi) is 8.09. The first-order valence-electron chi connectivity index (χ1n) is 13.7. The summed E-state index contributed by atoms with van der Waals surface area (Å²) in [5.74, 6) is -5.97. The number of benzene rings is 3. The molecule has 2 aliphatic heterocycles. The van der Waals surface area contributed by atoms with Crippen molar-refractivity contribution in [1.29, 1.82) is 0 Å². The van der Waals surface area contributed by atoms with Gasteiger partial charge in [0.2, 0.25) is 5.79 Å². The van der Waals surface area contributed by atoms with E-state index in [1.165, 1.54) is 6.20 Å². The van der Waals surface area contributed by atoms with Crippen LogP contribution in [0.4, 0.5) is 13.2 Å². The normalized spacial score (nSPS) is 26.5. The molecule has 11 nitrogen and oxygen atoms in total. The Labute approximate surface area is 248 Å². The molecule has 4 aromatic rings. The average Bonchev–Trinajstić information content (AvgIpc) is 3.66. The number of aliphatic hydroxyl groups is 3. The molecule has 4 N–H and O–H groups in total. The highest BCUT2D eigenvalue weighted by atomic mass is 19.2. The SMILES string of the molecule is O=C(N[C@@H]1CCO[C@]12O[C@H](CO)[C@H](O)[C@H](n1cc(-c3cc(F)c(F)c(F)c3)nn1)[C@H]2O)c1cccc(Oc2ccccc2)c1. The second kappa shape index (κ2) is 12.0. The van der Waals surface area contributed by atoms with Crippen LogP contribution in [-0.2, 0) is 9.47 Å². The molecule has 2 saturated heterocycles. The Bertz CT molecular complexity index is 1640. The smallest absolute Gasteiger partial charge is 0.251 e. The summed E-state index contributed by atoms with van der Waals surface area (Å²) >= 11 is 0. The third kappa shape index (κ3) is 5.42. The van der Waals surface area contributed by atoms with Crippen molar-refractivity contribution in [1.82, 2.24) is 20.3 Å². The predicted molar refractivity (Wildman–Crippen MR) is 146 cm³/mol. The zero-order valence-corrected chi connectivity index (χ0v) is 22.9. The van der Waals surface area contributed by atoms with Crippen molar-refractivity contribution in [2.75, 3.05) is 13.2 Å². The highest BCUT2D eigenvalue weighted by Gasteiger charge is 2.62. The fraction of sp³-hybridized carbons (Fsp3) is 0.300. The zero-order chi connectivity index (χ0) is 31.0. The number of carbonyl (C=O) groups excluding carboxylic acids is 1. The molecule has 0 unspecified atom stereocenters. The van der Waals surface area contributed by atoms with Gasteiger partial charge in [0, 0.05) is 11.1 Å². The van der Waals surface area contributed by atoms with E-state index in [2.05, 4.69) is 15.6 Å². The molecule has 0 bridgehead atoms. The number of aliphatic hydroxyl groups excluding tert-OH is 3. The van der Waals surface area contributed by atoms with E-state index in [1.807, 2.05) is 18.2 Å². The van der Waals surface area contributed by atoms with Crippen molar-refractivity contribution in [3.63, 3.8) is 0 Å². The Balaban J connectivity index is 1.26. The van der Waals surface area contributed by atoms with Crippen molar-refractivity contribution in [3.8, 4) is 22.8 Å². The van der Waals surface area contributed by atoms with Crippen LogP contribution in [0.2, 0.25) is 0 Å². The second-order valence-corrected chi connectivity index (χ2v) is 10.4. The minimum atomic E-state index is -1.93. The highest BCUT2D eigenvalue weighted by molar-refractivity contribution is 5.94. The van der Waals surface area contributed by atoms with Crippen LogP contribution in [0.3, 0.4) is 0 Å². The summed E-state index contributed by atoms with van der Waals surface area (Å²) in [6, 6.07) is 14.6. The van der Waals surface area contributed by atoms with Gasteiger partial charge in [-0.15, -0.1) is 5.10 Å². The molecular weight excluding hydrogens is 585 g/mol. The van der Waals surface area contributed by atoms with Crippen LogP contribution < -0.4 is 10.1 Å². The number of aromatic nitrogens is 3. The number of nitrogens with one attached hydrogen (secondary N) is 1. The maximum atomic E-state index is 13.8. The largest absolute Gasteiger partial charge is 0.457 e. The number of para-hydroxylation sites is 1. The van der Waals surface area contributed by atoms with Gasteiger partial charge in [-0.05, 0) is 48.9 Å². The van der Waals surface area contributed by atoms with Crippen molar-refractivity contribution < 1.29 is 47.5 Å². The molecule has 3 aromatic carbocycles. The Morgan fingerprint density at radius 1 is 1.05 bits per heavy atom. The molecule has 2 aliphatic rings. The van der Waals surface area contributed by atoms with E-state index in [9.17, 15) is 33.3 Å². The molecule has 6 rings (SSSR count). The summed E-state index contributed by atoms with van der Waals surface area (Å²) in [5.41, 5.74) is 0.0247. The number of hydrogen-bond donors (Lipinski definition) is 4. The zero-order valence-electron chi connectivity index (χ0n) is 22.9. The monoisotopic (exact) mass is 612 g/mol. The topological polar surface area (TPSA) is 148 Å². The first kappa shape index (κ1) is 29.7. The lowest BCUT2D eigenvalue weighted by molar-refractivity contribution is -0.344. The molecule has 2 fully saturated rings. The number of hydrogen-bond acceptors (Lipinski definition) is 9. The number of rotatable bonds is 7. The molecule has 0 aliphatic carbocycles. The van der Waals surface area contributed by atoms with Gasteiger partial charge in [0.05, 0.1) is 25.5 Å². The van der Waals surface area contributed by atoms with Gasteiger partial charge in [-0.25, -0.2) is 17.9 Å². The lowest BCUT2D eigenvalue weighted by Gasteiger charge is -2.49. The van der Waals surface area contributed by atoms with Gasteiger partial charge in [-0.1, -0.05) is 29.5 Å². The quantitative estimate of drug-likeness (QED) is 0.231. The van der Waals surface area contributed by atoms with Gasteiger partial charge in [0.1, 0.15) is 41.5 Å². The van der Waals surface area contributed by atoms with Crippen LogP contribution in [0.15, 0.2) is 72.9 Å². The molecule has 1 amide bonds. The number of ether oxygens (including phenoxy) is 3. The van der Waals surface area contributed by atoms with Crippen LogP contribution in [0.1, 0.15) is 22.8 Å². The molecule has 14 heteroatoms. The number of amides is 1. The summed E-state index contributed by atoms with van der Waals surface area (Å²) in [4.78, 5) is 13.4. The summed E-state index contributed by atoms with van der Waals surface area (Å²) in [6.45, 7) is -0.637. The number of nitrogens with zero attached hydrogens (tertiary/aromatic N) is 3. The lowest BCUT2D eigenvalue weighted by Crippen LogP contribution is -2.69. The fourth-order valence-corrected chi connectivity index (χ4v) is 5.51. The minimum absolute atomic E-state index is 0.0524. The molecule has 44 heavy (non-hydrogen) atoms. The lowest BCUT2D eigenvalue weighted by atomic mass is 9.86. The maximum absolute atomic E-state index is 13.8. The molecule has 230 valence electrons. The van der Waals surface area contributed by atoms with E-state index >= 15 is 0 Å². The maximum Gasteiger partial charge on any atom is 0.251 e. The second-order valence-electron chi connectivity index (χ2n) is 10.4. The van der Waals surface area contributed by atoms with Crippen molar-refractivity contribution in [2.24, 2.45) is 0 Å². The third-order valence-electron chi connectivity index (χ3n) is 7.68. The minimum Gasteiger partial charge on any atom is -0.457 e. The van der Waals surface area contributed by atoms with Gasteiger partial charge in [0.15, 0.2) is 17.5 Å². The molecule has 0 saturated carbocycles. The standard InChI is InChI=1S/C30H27F3N4O7/c31-20-12-17(13-21(32)25(20)33)22-14-37(36-35-22)26-27(39)23(15-38)44-30(28(26)40)24(9-10-42-30)34-29(41)16-5-4-8-19(11-16)43-18-6-2-1-3-7-18/h1-8,11-14,23-24,26-28,38-40H,9-10,15H2,(H,34,41)/t23-,24-,26+,27+,28-,30+/m1/s1. The van der Waals surface area contributed by atoms with Gasteiger partial charge in [-0.3, -0.25) is 4.79 Å². The van der Waals surface area contributed by atoms with Gasteiger partial charge in [0.25, 0.3) is 5.91 Å². The molecule has 3 heterocycles. The summed E-state index contributed by atoms with van der Waals surface area (Å²) in [6.07, 6.45) is -3.13. The van der Waals surface area contributed by atoms with Crippen LogP contribution in [0.25, 0.3) is 11.3 Å². The molecule has 0 radical (unpaired) electrons. The summed E-state index contributed by atoms with van der Waals surface area (Å²) in [7, 11) is 0. The van der Waals surface area contributed by atoms with Crippen LogP contribution in [0, 0.1) is 17.5 Å². The van der Waals surface area contributed by atoms with Crippen molar-refractivity contribution in [2.45, 2.75) is 42.6 Å². The average molecular weight is 613 g/mol.